The van der Waals surface area contributed by atoms with Gasteiger partial charge in [-0.05, 0) is 24.5 Å². The summed E-state index contributed by atoms with van der Waals surface area (Å²) in [5.41, 5.74) is 2.96. The third kappa shape index (κ3) is 3.41. The Kier molecular flexibility index (Phi) is 5.90. The average molecular weight is 473 g/mol. The van der Waals surface area contributed by atoms with Crippen LogP contribution in [0.15, 0.2) is 18.7 Å². The van der Waals surface area contributed by atoms with Crippen LogP contribution in [0.4, 0.5) is 5.82 Å². The zero-order chi connectivity index (χ0) is 24.0. The number of imidazole rings is 1. The highest BCUT2D eigenvalue weighted by molar-refractivity contribution is 5.83. The number of aromatic nitrogens is 4. The molecular formula is C22H27N5O7. The Bertz CT molecular complexity index is 1200. The van der Waals surface area contributed by atoms with Crippen molar-refractivity contribution in [3.8, 4) is 17.2 Å². The molecule has 12 nitrogen and oxygen atoms in total. The monoisotopic (exact) mass is 473 g/mol. The van der Waals surface area contributed by atoms with E-state index in [0.717, 1.165) is 24.0 Å². The van der Waals surface area contributed by atoms with E-state index in [0.29, 0.717) is 34.2 Å². The summed E-state index contributed by atoms with van der Waals surface area (Å²) in [7, 11) is 4.76. The molecule has 1 aliphatic carbocycles. The van der Waals surface area contributed by atoms with Gasteiger partial charge in [0.05, 0.1) is 40.3 Å². The Labute approximate surface area is 195 Å². The van der Waals surface area contributed by atoms with E-state index in [-0.39, 0.29) is 6.04 Å². The summed E-state index contributed by atoms with van der Waals surface area (Å²) >= 11 is 0. The molecule has 3 aromatic rings. The summed E-state index contributed by atoms with van der Waals surface area (Å²) in [6, 6.07) is 1.84. The predicted molar refractivity (Wildman–Crippen MR) is 119 cm³/mol. The predicted octanol–water partition coefficient (Wildman–Crippen LogP) is 0.563. The highest BCUT2D eigenvalue weighted by Gasteiger charge is 2.44. The lowest BCUT2D eigenvalue weighted by Gasteiger charge is -2.21. The zero-order valence-electron chi connectivity index (χ0n) is 19.0. The van der Waals surface area contributed by atoms with Gasteiger partial charge in [0, 0.05) is 5.56 Å². The van der Waals surface area contributed by atoms with Gasteiger partial charge in [0.15, 0.2) is 34.7 Å². The van der Waals surface area contributed by atoms with E-state index in [1.165, 1.54) is 17.2 Å². The molecule has 0 amide bonds. The number of aryl methyl sites for hydroxylation is 1. The molecule has 0 spiro atoms. The van der Waals surface area contributed by atoms with Gasteiger partial charge >= 0.3 is 0 Å². The third-order valence-electron chi connectivity index (χ3n) is 6.47. The highest BCUT2D eigenvalue weighted by Crippen LogP contribution is 2.49. The largest absolute Gasteiger partial charge is 0.493 e. The van der Waals surface area contributed by atoms with Crippen LogP contribution in [-0.2, 0) is 11.2 Å². The van der Waals surface area contributed by atoms with Crippen LogP contribution >= 0.6 is 0 Å². The Morgan fingerprint density at radius 2 is 1.88 bits per heavy atom. The fraction of sp³-hybridized carbons (Fsp3) is 0.500. The molecule has 0 saturated carbocycles. The van der Waals surface area contributed by atoms with Crippen LogP contribution in [0.2, 0.25) is 0 Å². The molecule has 0 radical (unpaired) electrons. The van der Waals surface area contributed by atoms with E-state index < -0.39 is 31.1 Å². The van der Waals surface area contributed by atoms with Crippen LogP contribution in [0.1, 0.15) is 29.8 Å². The van der Waals surface area contributed by atoms with Gasteiger partial charge in [0.2, 0.25) is 5.75 Å². The van der Waals surface area contributed by atoms with Gasteiger partial charge in [0.25, 0.3) is 0 Å². The summed E-state index contributed by atoms with van der Waals surface area (Å²) in [6.07, 6.45) is 0.178. The molecule has 5 atom stereocenters. The average Bonchev–Trinajstić information content (AvgIpc) is 3.54. The number of benzene rings is 1. The molecule has 1 saturated heterocycles. The Morgan fingerprint density at radius 3 is 2.56 bits per heavy atom. The number of nitrogens with one attached hydrogen (secondary N) is 1. The second-order valence-electron chi connectivity index (χ2n) is 8.23. The Balaban J connectivity index is 1.50. The summed E-state index contributed by atoms with van der Waals surface area (Å²) in [5.74, 6) is 2.25. The van der Waals surface area contributed by atoms with Crippen molar-refractivity contribution in [2.75, 3.05) is 33.3 Å². The molecule has 2 aromatic heterocycles. The molecule has 5 rings (SSSR count). The number of nitrogens with zero attached hydrogens (tertiary/aromatic N) is 4. The van der Waals surface area contributed by atoms with Gasteiger partial charge in [0.1, 0.15) is 24.6 Å². The van der Waals surface area contributed by atoms with Gasteiger partial charge in [-0.25, -0.2) is 15.0 Å². The number of fused-ring (bicyclic) bond motifs is 2. The first-order chi connectivity index (χ1) is 16.5. The lowest BCUT2D eigenvalue weighted by molar-refractivity contribution is -0.0511. The summed E-state index contributed by atoms with van der Waals surface area (Å²) in [4.78, 5) is 13.1. The van der Waals surface area contributed by atoms with E-state index in [1.54, 1.807) is 21.3 Å². The molecule has 182 valence electrons. The van der Waals surface area contributed by atoms with Crippen LogP contribution in [0.3, 0.4) is 0 Å². The SMILES string of the molecule is COc1cc2c(c(OC)c1OC)C(Nc1ncnc3c1ncn3C1OC(CO)C(O)C1O)CC2. The second-order valence-corrected chi connectivity index (χ2v) is 8.23. The fourth-order valence-corrected chi connectivity index (χ4v) is 4.83. The van der Waals surface area contributed by atoms with Gasteiger partial charge in [-0.3, -0.25) is 4.57 Å². The number of hydrogen-bond donors (Lipinski definition) is 4. The molecule has 0 bridgehead atoms. The van der Waals surface area contributed by atoms with Crippen molar-refractivity contribution in [1.29, 1.82) is 0 Å². The van der Waals surface area contributed by atoms with Crippen LogP contribution in [0.25, 0.3) is 11.2 Å². The number of ether oxygens (including phenoxy) is 4. The summed E-state index contributed by atoms with van der Waals surface area (Å²) in [5, 5.41) is 33.4. The van der Waals surface area contributed by atoms with Gasteiger partial charge in [-0.2, -0.15) is 0 Å². The number of methoxy groups -OCH3 is 3. The van der Waals surface area contributed by atoms with Crippen LogP contribution < -0.4 is 19.5 Å². The van der Waals surface area contributed by atoms with Crippen molar-refractivity contribution in [2.45, 2.75) is 43.4 Å². The van der Waals surface area contributed by atoms with E-state index in [9.17, 15) is 15.3 Å². The van der Waals surface area contributed by atoms with Crippen LogP contribution in [0.5, 0.6) is 17.2 Å². The minimum atomic E-state index is -1.24. The normalized spacial score (nSPS) is 26.0. The van der Waals surface area contributed by atoms with Crippen molar-refractivity contribution < 1.29 is 34.3 Å². The molecular weight excluding hydrogens is 446 g/mol. The molecule has 1 aliphatic heterocycles. The first-order valence-electron chi connectivity index (χ1n) is 10.9. The molecule has 2 aliphatic rings. The fourth-order valence-electron chi connectivity index (χ4n) is 4.83. The van der Waals surface area contributed by atoms with Gasteiger partial charge < -0.3 is 39.6 Å². The van der Waals surface area contributed by atoms with E-state index in [1.807, 2.05) is 6.07 Å². The number of anilines is 1. The second kappa shape index (κ2) is 8.87. The van der Waals surface area contributed by atoms with Gasteiger partial charge in [-0.1, -0.05) is 0 Å². The van der Waals surface area contributed by atoms with Gasteiger partial charge in [-0.15, -0.1) is 0 Å². The zero-order valence-corrected chi connectivity index (χ0v) is 19.0. The van der Waals surface area contributed by atoms with Crippen LogP contribution in [-0.4, -0.2) is 81.1 Å². The maximum absolute atomic E-state index is 10.4. The highest BCUT2D eigenvalue weighted by atomic mass is 16.6. The minimum absolute atomic E-state index is 0.123. The smallest absolute Gasteiger partial charge is 0.203 e. The summed E-state index contributed by atoms with van der Waals surface area (Å²) < 4.78 is 23.9. The van der Waals surface area contributed by atoms with E-state index in [4.69, 9.17) is 18.9 Å². The number of rotatable bonds is 7. The van der Waals surface area contributed by atoms with Crippen molar-refractivity contribution in [3.63, 3.8) is 0 Å². The molecule has 1 aromatic carbocycles. The molecule has 1 fully saturated rings. The molecule has 12 heteroatoms. The molecule has 4 N–H and O–H groups in total. The topological polar surface area (TPSA) is 153 Å². The molecule has 34 heavy (non-hydrogen) atoms. The first kappa shape index (κ1) is 22.6. The van der Waals surface area contributed by atoms with Crippen molar-refractivity contribution in [1.82, 2.24) is 19.5 Å². The van der Waals surface area contributed by atoms with Crippen molar-refractivity contribution in [2.24, 2.45) is 0 Å². The first-order valence-corrected chi connectivity index (χ1v) is 10.9. The van der Waals surface area contributed by atoms with Crippen LogP contribution in [0, 0.1) is 0 Å². The number of hydrogen-bond acceptors (Lipinski definition) is 11. The molecule has 3 heterocycles. The number of aliphatic hydroxyl groups excluding tert-OH is 3. The van der Waals surface area contributed by atoms with E-state index >= 15 is 0 Å². The number of aliphatic hydroxyl groups is 3. The maximum Gasteiger partial charge on any atom is 0.203 e. The van der Waals surface area contributed by atoms with E-state index in [2.05, 4.69) is 20.3 Å². The summed E-state index contributed by atoms with van der Waals surface area (Å²) in [6.45, 7) is -0.416. The standard InChI is InChI=1S/C22H27N5O7/c1-31-12-6-10-4-5-11(14(10)19(33-3)18(12)32-2)26-20-15-21(24-8-23-20)27(9-25-15)22-17(30)16(29)13(7-28)34-22/h6,8-9,11,13,16-17,22,28-30H,4-5,7H2,1-3H3,(H,23,24,26). The Morgan fingerprint density at radius 1 is 1.09 bits per heavy atom. The minimum Gasteiger partial charge on any atom is -0.493 e. The third-order valence-corrected chi connectivity index (χ3v) is 6.47. The quantitative estimate of drug-likeness (QED) is 0.381. The lowest BCUT2D eigenvalue weighted by Crippen LogP contribution is -2.33. The Hall–Kier alpha value is -3.19. The van der Waals surface area contributed by atoms with Crippen molar-refractivity contribution >= 4 is 17.0 Å². The maximum atomic E-state index is 10.4. The molecule has 5 unspecified atom stereocenters. The lowest BCUT2D eigenvalue weighted by atomic mass is 10.0. The van der Waals surface area contributed by atoms with Crippen molar-refractivity contribution in [3.05, 3.63) is 29.8 Å².